The van der Waals surface area contributed by atoms with Crippen LogP contribution < -0.4 is 22.5 Å². The number of nitrogens with one attached hydrogen (secondary N) is 1. The first kappa shape index (κ1) is 21.2. The van der Waals surface area contributed by atoms with Crippen molar-refractivity contribution in [2.75, 3.05) is 13.1 Å². The average molecular weight is 330 g/mol. The van der Waals surface area contributed by atoms with E-state index in [1.165, 1.54) is 6.92 Å². The Kier molecular flexibility index (Phi) is 9.23. The fourth-order valence-electron chi connectivity index (χ4n) is 2.04. The Morgan fingerprint density at radius 3 is 2.30 bits per heavy atom. The van der Waals surface area contributed by atoms with E-state index in [1.54, 1.807) is 0 Å². The average Bonchev–Trinajstić information content (AvgIpc) is 2.49. The van der Waals surface area contributed by atoms with Crippen molar-refractivity contribution >= 4 is 23.4 Å². The van der Waals surface area contributed by atoms with Crippen LogP contribution in [0.4, 0.5) is 0 Å². The second-order valence-electron chi connectivity index (χ2n) is 5.45. The van der Waals surface area contributed by atoms with Gasteiger partial charge < -0.3 is 27.6 Å². The minimum absolute atomic E-state index is 0.301. The van der Waals surface area contributed by atoms with Crippen LogP contribution in [0.2, 0.25) is 0 Å². The Morgan fingerprint density at radius 1 is 1.22 bits per heavy atom. The fraction of sp³-hybridized carbons (Fsp3) is 0.714. The van der Waals surface area contributed by atoms with Crippen molar-refractivity contribution in [3.8, 4) is 0 Å². The van der Waals surface area contributed by atoms with Gasteiger partial charge in [0.05, 0.1) is 12.6 Å². The molecule has 0 fully saturated rings. The summed E-state index contributed by atoms with van der Waals surface area (Å²) in [5, 5.41) is 11.0. The summed E-state index contributed by atoms with van der Waals surface area (Å²) in [6.07, 6.45) is 0.745. The summed E-state index contributed by atoms with van der Waals surface area (Å²) in [7, 11) is 0. The number of rotatable bonds is 12. The zero-order valence-electron chi connectivity index (χ0n) is 13.3. The molecular weight excluding hydrogens is 304 g/mol. The number of nitrogens with two attached hydrogens (primary N) is 3. The van der Waals surface area contributed by atoms with Crippen molar-refractivity contribution in [2.45, 2.75) is 50.6 Å². The van der Waals surface area contributed by atoms with Gasteiger partial charge in [0.15, 0.2) is 11.6 Å². The molecule has 0 aromatic rings. The van der Waals surface area contributed by atoms with E-state index in [-0.39, 0.29) is 6.42 Å². The summed E-state index contributed by atoms with van der Waals surface area (Å²) < 4.78 is 0. The summed E-state index contributed by atoms with van der Waals surface area (Å²) in [5.74, 6) is -3.12. The van der Waals surface area contributed by atoms with Crippen LogP contribution in [0.5, 0.6) is 0 Å². The predicted octanol–water partition coefficient (Wildman–Crippen LogP) is -1.72. The number of carbonyl (C=O) groups excluding carboxylic acids is 3. The van der Waals surface area contributed by atoms with Crippen molar-refractivity contribution in [3.63, 3.8) is 0 Å². The van der Waals surface area contributed by atoms with Gasteiger partial charge in [0.25, 0.3) is 0 Å². The van der Waals surface area contributed by atoms with Gasteiger partial charge in [0, 0.05) is 13.3 Å². The predicted molar refractivity (Wildman–Crippen MR) is 83.4 cm³/mol. The maximum Gasteiger partial charge on any atom is 0.303 e. The lowest BCUT2D eigenvalue weighted by Gasteiger charge is -2.29. The van der Waals surface area contributed by atoms with Gasteiger partial charge >= 0.3 is 5.97 Å². The molecule has 0 spiro atoms. The Balaban J connectivity index is 5.07. The van der Waals surface area contributed by atoms with Crippen molar-refractivity contribution in [1.82, 2.24) is 5.32 Å². The summed E-state index contributed by atoms with van der Waals surface area (Å²) in [5.41, 5.74) is 15.0. The minimum atomic E-state index is -2.02. The molecule has 0 saturated carbocycles. The Labute approximate surface area is 134 Å². The third-order valence-electron chi connectivity index (χ3n) is 3.47. The highest BCUT2D eigenvalue weighted by Gasteiger charge is 2.43. The molecular formula is C14H26N4O5. The molecule has 0 aromatic heterocycles. The van der Waals surface area contributed by atoms with Crippen molar-refractivity contribution in [2.24, 2.45) is 17.2 Å². The van der Waals surface area contributed by atoms with Crippen LogP contribution in [0.15, 0.2) is 0 Å². The molecule has 132 valence electrons. The minimum Gasteiger partial charge on any atom is -0.481 e. The topological polar surface area (TPSA) is 179 Å². The molecule has 1 unspecified atom stereocenters. The summed E-state index contributed by atoms with van der Waals surface area (Å²) in [4.78, 5) is 46.3. The Bertz CT molecular complexity index is 454. The van der Waals surface area contributed by atoms with E-state index < -0.39 is 48.0 Å². The molecule has 9 nitrogen and oxygen atoms in total. The lowest BCUT2D eigenvalue weighted by Crippen LogP contribution is -2.62. The number of carboxylic acids is 1. The zero-order chi connectivity index (χ0) is 18.0. The van der Waals surface area contributed by atoms with Gasteiger partial charge in [-0.2, -0.15) is 0 Å². The van der Waals surface area contributed by atoms with Crippen LogP contribution in [-0.2, 0) is 19.2 Å². The largest absolute Gasteiger partial charge is 0.481 e. The van der Waals surface area contributed by atoms with Gasteiger partial charge in [-0.15, -0.1) is 0 Å². The van der Waals surface area contributed by atoms with Crippen molar-refractivity contribution in [1.29, 1.82) is 0 Å². The van der Waals surface area contributed by atoms with E-state index in [1.807, 2.05) is 0 Å². The highest BCUT2D eigenvalue weighted by atomic mass is 16.4. The fourth-order valence-corrected chi connectivity index (χ4v) is 2.04. The number of carbonyl (C=O) groups is 4. The third kappa shape index (κ3) is 7.31. The van der Waals surface area contributed by atoms with Crippen LogP contribution >= 0.6 is 0 Å². The molecule has 0 bridgehead atoms. The molecule has 0 heterocycles. The van der Waals surface area contributed by atoms with Crippen molar-refractivity contribution < 1.29 is 24.3 Å². The highest BCUT2D eigenvalue weighted by molar-refractivity contribution is 6.14. The van der Waals surface area contributed by atoms with Gasteiger partial charge in [-0.3, -0.25) is 19.2 Å². The molecule has 0 saturated heterocycles. The standard InChI is InChI=1S/C14H26N4O5/c1-9(19)18-8-11(20)14(17,6-5-12(21)22)13(23)10(16)4-2-3-7-15/h10H,2-8,15-17H2,1H3,(H,18,19)(H,21,22)/t10-,14?/m0/s1. The molecule has 8 N–H and O–H groups in total. The van der Waals surface area contributed by atoms with Gasteiger partial charge in [-0.25, -0.2) is 0 Å². The number of hydrogen-bond acceptors (Lipinski definition) is 7. The van der Waals surface area contributed by atoms with E-state index >= 15 is 0 Å². The van der Waals surface area contributed by atoms with Gasteiger partial charge in [-0.1, -0.05) is 6.42 Å². The number of carboxylic acid groups (broad SMARTS) is 1. The molecule has 0 radical (unpaired) electrons. The zero-order valence-corrected chi connectivity index (χ0v) is 13.3. The summed E-state index contributed by atoms with van der Waals surface area (Å²) in [6.45, 7) is 1.21. The number of Topliss-reactive ketones (excluding diaryl/α,β-unsaturated/α-hetero) is 2. The lowest BCUT2D eigenvalue weighted by atomic mass is 9.81. The highest BCUT2D eigenvalue weighted by Crippen LogP contribution is 2.17. The van der Waals surface area contributed by atoms with Gasteiger partial charge in [-0.05, 0) is 25.8 Å². The summed E-state index contributed by atoms with van der Waals surface area (Å²) >= 11 is 0. The van der Waals surface area contributed by atoms with Crippen molar-refractivity contribution in [3.05, 3.63) is 0 Å². The number of unbranched alkanes of at least 4 members (excludes halogenated alkanes) is 1. The maximum atomic E-state index is 12.5. The van der Waals surface area contributed by atoms with Gasteiger partial charge in [0.1, 0.15) is 5.54 Å². The van der Waals surface area contributed by atoms with Crippen LogP contribution in [0, 0.1) is 0 Å². The quantitative estimate of drug-likeness (QED) is 0.207. The number of hydrogen-bond donors (Lipinski definition) is 5. The number of ketones is 2. The molecule has 9 heteroatoms. The third-order valence-corrected chi connectivity index (χ3v) is 3.47. The normalized spacial score (nSPS) is 14.6. The lowest BCUT2D eigenvalue weighted by molar-refractivity contribution is -0.139. The molecule has 2 atom stereocenters. The van der Waals surface area contributed by atoms with Crippen LogP contribution in [0.1, 0.15) is 39.0 Å². The molecule has 0 aliphatic rings. The Hall–Kier alpha value is -1.84. The molecule has 0 rings (SSSR count). The molecule has 0 aromatic carbocycles. The first-order chi connectivity index (χ1) is 10.6. The second-order valence-corrected chi connectivity index (χ2v) is 5.45. The number of aliphatic carboxylic acids is 1. The van der Waals surface area contributed by atoms with E-state index in [2.05, 4.69) is 5.32 Å². The summed E-state index contributed by atoms with van der Waals surface area (Å²) in [6, 6.07) is -0.985. The SMILES string of the molecule is CC(=O)NCC(=O)C(N)(CCC(=O)O)C(=O)[C@@H](N)CCCCN. The van der Waals surface area contributed by atoms with E-state index in [0.717, 1.165) is 0 Å². The van der Waals surface area contributed by atoms with Gasteiger partial charge in [0.2, 0.25) is 5.91 Å². The molecule has 23 heavy (non-hydrogen) atoms. The van der Waals surface area contributed by atoms with Crippen LogP contribution in [0.3, 0.4) is 0 Å². The van der Waals surface area contributed by atoms with E-state index in [4.69, 9.17) is 22.3 Å². The first-order valence-electron chi connectivity index (χ1n) is 7.43. The molecule has 0 aliphatic heterocycles. The van der Waals surface area contributed by atoms with Crippen LogP contribution in [0.25, 0.3) is 0 Å². The molecule has 1 amide bonds. The Morgan fingerprint density at radius 2 is 1.83 bits per heavy atom. The maximum absolute atomic E-state index is 12.5. The van der Waals surface area contributed by atoms with Crippen LogP contribution in [-0.4, -0.2) is 53.2 Å². The number of amides is 1. The monoisotopic (exact) mass is 330 g/mol. The molecule has 0 aliphatic carbocycles. The van der Waals surface area contributed by atoms with E-state index in [9.17, 15) is 19.2 Å². The second kappa shape index (κ2) is 10.0. The smallest absolute Gasteiger partial charge is 0.303 e. The first-order valence-corrected chi connectivity index (χ1v) is 7.43. The van der Waals surface area contributed by atoms with E-state index in [0.29, 0.717) is 25.8 Å².